The number of alkyl halides is 3. The number of halogens is 3. The van der Waals surface area contributed by atoms with E-state index in [0.717, 1.165) is 24.2 Å². The first-order chi connectivity index (χ1) is 7.94. The van der Waals surface area contributed by atoms with Crippen LogP contribution in [-0.2, 0) is 0 Å². The van der Waals surface area contributed by atoms with Crippen molar-refractivity contribution in [3.05, 3.63) is 0 Å². The summed E-state index contributed by atoms with van der Waals surface area (Å²) in [7, 11) is 0. The summed E-state index contributed by atoms with van der Waals surface area (Å²) in [5, 5.41) is 18.7. The van der Waals surface area contributed by atoms with E-state index >= 15 is 0 Å². The van der Waals surface area contributed by atoms with Crippen molar-refractivity contribution in [2.45, 2.75) is 50.4 Å². The third kappa shape index (κ3) is 5.23. The molecule has 1 fully saturated rings. The Labute approximate surface area is 99.2 Å². The quantitative estimate of drug-likeness (QED) is 0.749. The van der Waals surface area contributed by atoms with Crippen molar-refractivity contribution < 1.29 is 23.4 Å². The zero-order valence-corrected chi connectivity index (χ0v) is 9.79. The van der Waals surface area contributed by atoms with Gasteiger partial charge in [-0.05, 0) is 12.8 Å². The van der Waals surface area contributed by atoms with Gasteiger partial charge in [-0.2, -0.15) is 13.2 Å². The molecule has 0 aromatic carbocycles. The van der Waals surface area contributed by atoms with Crippen molar-refractivity contribution in [1.82, 2.24) is 4.90 Å². The van der Waals surface area contributed by atoms with Crippen molar-refractivity contribution >= 4 is 0 Å². The number of hydrogen-bond donors (Lipinski definition) is 2. The number of aliphatic hydroxyl groups excluding tert-OH is 2. The molecule has 2 unspecified atom stereocenters. The predicted octanol–water partition coefficient (Wildman–Crippen LogP) is 1.54. The van der Waals surface area contributed by atoms with E-state index in [4.69, 9.17) is 5.11 Å². The third-order valence-electron chi connectivity index (χ3n) is 3.18. The van der Waals surface area contributed by atoms with Crippen LogP contribution in [0, 0.1) is 0 Å². The molecular weight excluding hydrogens is 235 g/mol. The molecule has 2 N–H and O–H groups in total. The minimum atomic E-state index is -4.29. The minimum Gasteiger partial charge on any atom is -0.395 e. The van der Waals surface area contributed by atoms with E-state index in [1.807, 2.05) is 0 Å². The summed E-state index contributed by atoms with van der Waals surface area (Å²) in [5.74, 6) is 0. The smallest absolute Gasteiger partial charge is 0.395 e. The monoisotopic (exact) mass is 255 g/mol. The predicted molar refractivity (Wildman–Crippen MR) is 57.6 cm³/mol. The Balaban J connectivity index is 2.66. The van der Waals surface area contributed by atoms with Crippen LogP contribution in [0.1, 0.15) is 32.1 Å². The van der Waals surface area contributed by atoms with Crippen molar-refractivity contribution in [1.29, 1.82) is 0 Å². The molecule has 1 rings (SSSR count). The van der Waals surface area contributed by atoms with Gasteiger partial charge in [0.15, 0.2) is 0 Å². The highest BCUT2D eigenvalue weighted by Gasteiger charge is 2.36. The number of aliphatic hydroxyl groups is 2. The molecule has 102 valence electrons. The first-order valence-electron chi connectivity index (χ1n) is 6.04. The average molecular weight is 255 g/mol. The van der Waals surface area contributed by atoms with Crippen LogP contribution in [0.25, 0.3) is 0 Å². The summed E-state index contributed by atoms with van der Waals surface area (Å²) in [4.78, 5) is 1.16. The molecule has 1 aliphatic carbocycles. The zero-order chi connectivity index (χ0) is 12.9. The van der Waals surface area contributed by atoms with Crippen LogP contribution < -0.4 is 0 Å². The molecule has 3 nitrogen and oxygen atoms in total. The molecule has 0 spiro atoms. The standard InChI is InChI=1S/C11H20F3NO2/c12-11(13,14)8-15(6-7-16)9-4-2-1-3-5-10(9)17/h9-10,16-17H,1-8H2. The molecule has 0 amide bonds. The fourth-order valence-corrected chi connectivity index (χ4v) is 2.42. The van der Waals surface area contributed by atoms with Crippen LogP contribution in [0.15, 0.2) is 0 Å². The molecule has 0 saturated heterocycles. The van der Waals surface area contributed by atoms with Gasteiger partial charge >= 0.3 is 6.18 Å². The maximum atomic E-state index is 12.4. The Kier molecular flexibility index (Phi) is 5.69. The van der Waals surface area contributed by atoms with Gasteiger partial charge in [0, 0.05) is 12.6 Å². The fourth-order valence-electron chi connectivity index (χ4n) is 2.42. The minimum absolute atomic E-state index is 0.0404. The van der Waals surface area contributed by atoms with Gasteiger partial charge in [-0.15, -0.1) is 0 Å². The van der Waals surface area contributed by atoms with E-state index in [1.165, 1.54) is 0 Å². The Morgan fingerprint density at radius 2 is 1.76 bits per heavy atom. The molecule has 0 aromatic rings. The Bertz CT molecular complexity index is 223. The summed E-state index contributed by atoms with van der Waals surface area (Å²) in [6.07, 6.45) is -1.25. The van der Waals surface area contributed by atoms with Gasteiger partial charge in [0.2, 0.25) is 0 Å². The molecular formula is C11H20F3NO2. The van der Waals surface area contributed by atoms with E-state index in [2.05, 4.69) is 0 Å². The van der Waals surface area contributed by atoms with E-state index in [9.17, 15) is 18.3 Å². The summed E-state index contributed by atoms with van der Waals surface area (Å²) in [6.45, 7) is -1.42. The molecule has 1 aliphatic rings. The highest BCUT2D eigenvalue weighted by Crippen LogP contribution is 2.25. The lowest BCUT2D eigenvalue weighted by atomic mass is 10.0. The van der Waals surface area contributed by atoms with E-state index < -0.39 is 24.9 Å². The normalized spacial score (nSPS) is 27.2. The maximum Gasteiger partial charge on any atom is 0.401 e. The fraction of sp³-hybridized carbons (Fsp3) is 1.00. The third-order valence-corrected chi connectivity index (χ3v) is 3.18. The van der Waals surface area contributed by atoms with Gasteiger partial charge in [0.05, 0.1) is 19.3 Å². The summed E-state index contributed by atoms with van der Waals surface area (Å²) >= 11 is 0. The molecule has 0 aliphatic heterocycles. The molecule has 0 radical (unpaired) electrons. The second kappa shape index (κ2) is 6.56. The van der Waals surface area contributed by atoms with E-state index in [0.29, 0.717) is 12.8 Å². The Hall–Kier alpha value is -0.330. The van der Waals surface area contributed by atoms with Gasteiger partial charge in [-0.3, -0.25) is 4.90 Å². The number of hydrogen-bond acceptors (Lipinski definition) is 3. The van der Waals surface area contributed by atoms with Crippen LogP contribution in [0.5, 0.6) is 0 Å². The molecule has 2 atom stereocenters. The topological polar surface area (TPSA) is 43.7 Å². The molecule has 0 heterocycles. The number of nitrogens with zero attached hydrogens (tertiary/aromatic N) is 1. The maximum absolute atomic E-state index is 12.4. The van der Waals surface area contributed by atoms with Crippen molar-refractivity contribution in [3.63, 3.8) is 0 Å². The van der Waals surface area contributed by atoms with Crippen LogP contribution in [-0.4, -0.2) is 53.1 Å². The van der Waals surface area contributed by atoms with Crippen LogP contribution in [0.3, 0.4) is 0 Å². The molecule has 6 heteroatoms. The first-order valence-corrected chi connectivity index (χ1v) is 6.04. The van der Waals surface area contributed by atoms with Crippen molar-refractivity contribution in [3.8, 4) is 0 Å². The van der Waals surface area contributed by atoms with Crippen molar-refractivity contribution in [2.75, 3.05) is 19.7 Å². The highest BCUT2D eigenvalue weighted by atomic mass is 19.4. The average Bonchev–Trinajstić information content (AvgIpc) is 2.40. The summed E-state index contributed by atoms with van der Waals surface area (Å²) < 4.78 is 37.2. The van der Waals surface area contributed by atoms with E-state index in [-0.39, 0.29) is 13.2 Å². The molecule has 0 aromatic heterocycles. The van der Waals surface area contributed by atoms with Gasteiger partial charge in [0.1, 0.15) is 0 Å². The van der Waals surface area contributed by atoms with Gasteiger partial charge in [0.25, 0.3) is 0 Å². The lowest BCUT2D eigenvalue weighted by molar-refractivity contribution is -0.157. The lowest BCUT2D eigenvalue weighted by Crippen LogP contribution is -2.48. The summed E-state index contributed by atoms with van der Waals surface area (Å²) in [5.41, 5.74) is 0. The Morgan fingerprint density at radius 1 is 1.12 bits per heavy atom. The van der Waals surface area contributed by atoms with Gasteiger partial charge < -0.3 is 10.2 Å². The zero-order valence-electron chi connectivity index (χ0n) is 9.79. The van der Waals surface area contributed by atoms with Gasteiger partial charge in [-0.1, -0.05) is 19.3 Å². The SMILES string of the molecule is OCCN(CC(F)(F)F)C1CCCCCC1O. The van der Waals surface area contributed by atoms with Crippen LogP contribution in [0.2, 0.25) is 0 Å². The molecule has 1 saturated carbocycles. The van der Waals surface area contributed by atoms with Gasteiger partial charge in [-0.25, -0.2) is 0 Å². The van der Waals surface area contributed by atoms with Crippen LogP contribution in [0.4, 0.5) is 13.2 Å². The Morgan fingerprint density at radius 3 is 2.35 bits per heavy atom. The number of rotatable bonds is 4. The second-order valence-corrected chi connectivity index (χ2v) is 4.58. The first kappa shape index (κ1) is 14.7. The second-order valence-electron chi connectivity index (χ2n) is 4.58. The van der Waals surface area contributed by atoms with E-state index in [1.54, 1.807) is 0 Å². The lowest BCUT2D eigenvalue weighted by Gasteiger charge is -2.34. The largest absolute Gasteiger partial charge is 0.401 e. The van der Waals surface area contributed by atoms with Crippen LogP contribution >= 0.6 is 0 Å². The van der Waals surface area contributed by atoms with Crippen molar-refractivity contribution in [2.24, 2.45) is 0 Å². The molecule has 17 heavy (non-hydrogen) atoms. The molecule has 0 bridgehead atoms. The summed E-state index contributed by atoms with van der Waals surface area (Å²) in [6, 6.07) is -0.480. The highest BCUT2D eigenvalue weighted by molar-refractivity contribution is 4.83.